The lowest BCUT2D eigenvalue weighted by molar-refractivity contribution is -0.136. The Morgan fingerprint density at radius 2 is 1.78 bits per heavy atom. The average Bonchev–Trinajstić information content (AvgIpc) is 3.19. The number of hydrogen-bond donors (Lipinski definition) is 1. The van der Waals surface area contributed by atoms with Crippen molar-refractivity contribution in [2.24, 2.45) is 0 Å². The van der Waals surface area contributed by atoms with Gasteiger partial charge in [-0.15, -0.1) is 11.3 Å². The number of aliphatic carboxylic acids is 1. The SMILES string of the molecule is CC(C)c1ccc(-c2c(CC(=O)O)sc3nc(-c4ccccc4)cn23)cc1. The average molecular weight is 376 g/mol. The highest BCUT2D eigenvalue weighted by molar-refractivity contribution is 7.17. The Balaban J connectivity index is 1.86. The molecule has 136 valence electrons. The fourth-order valence-corrected chi connectivity index (χ4v) is 4.33. The summed E-state index contributed by atoms with van der Waals surface area (Å²) in [7, 11) is 0. The zero-order valence-electron chi connectivity index (χ0n) is 15.2. The molecule has 27 heavy (non-hydrogen) atoms. The predicted molar refractivity (Wildman–Crippen MR) is 109 cm³/mol. The van der Waals surface area contributed by atoms with E-state index < -0.39 is 5.97 Å². The maximum Gasteiger partial charge on any atom is 0.308 e. The van der Waals surface area contributed by atoms with Crippen molar-refractivity contribution < 1.29 is 9.90 Å². The fraction of sp³-hybridized carbons (Fsp3) is 0.182. The lowest BCUT2D eigenvalue weighted by Gasteiger charge is -2.08. The molecule has 0 saturated carbocycles. The van der Waals surface area contributed by atoms with Crippen LogP contribution in [0.3, 0.4) is 0 Å². The van der Waals surface area contributed by atoms with E-state index in [-0.39, 0.29) is 6.42 Å². The second-order valence-corrected chi connectivity index (χ2v) is 7.93. The molecule has 2 heterocycles. The molecule has 2 aromatic carbocycles. The smallest absolute Gasteiger partial charge is 0.308 e. The number of benzene rings is 2. The van der Waals surface area contributed by atoms with Gasteiger partial charge in [0.05, 0.1) is 17.8 Å². The number of carboxylic acids is 1. The van der Waals surface area contributed by atoms with Crippen molar-refractivity contribution in [3.8, 4) is 22.5 Å². The second-order valence-electron chi connectivity index (χ2n) is 6.87. The van der Waals surface area contributed by atoms with Crippen LogP contribution in [0.5, 0.6) is 0 Å². The molecule has 0 bridgehead atoms. The summed E-state index contributed by atoms with van der Waals surface area (Å²) in [6.07, 6.45) is 1.99. The topological polar surface area (TPSA) is 54.6 Å². The number of fused-ring (bicyclic) bond motifs is 1. The van der Waals surface area contributed by atoms with Crippen LogP contribution in [0.2, 0.25) is 0 Å². The van der Waals surface area contributed by atoms with Crippen LogP contribution in [0.15, 0.2) is 60.8 Å². The Bertz CT molecular complexity index is 1090. The summed E-state index contributed by atoms with van der Waals surface area (Å²) in [5.74, 6) is -0.374. The van der Waals surface area contributed by atoms with E-state index in [9.17, 15) is 9.90 Å². The summed E-state index contributed by atoms with van der Waals surface area (Å²) in [6.45, 7) is 4.32. The van der Waals surface area contributed by atoms with E-state index in [2.05, 4.69) is 38.1 Å². The minimum atomic E-state index is -0.831. The third-order valence-corrected chi connectivity index (χ3v) is 5.68. The highest BCUT2D eigenvalue weighted by Gasteiger charge is 2.19. The van der Waals surface area contributed by atoms with Gasteiger partial charge in [0.25, 0.3) is 0 Å². The second kappa shape index (κ2) is 7.00. The number of hydrogen-bond acceptors (Lipinski definition) is 3. The van der Waals surface area contributed by atoms with E-state index in [1.54, 1.807) is 0 Å². The first-order valence-corrected chi connectivity index (χ1v) is 9.73. The van der Waals surface area contributed by atoms with Gasteiger partial charge >= 0.3 is 5.97 Å². The van der Waals surface area contributed by atoms with Gasteiger partial charge in [0, 0.05) is 16.6 Å². The van der Waals surface area contributed by atoms with Gasteiger partial charge in [0.2, 0.25) is 0 Å². The monoisotopic (exact) mass is 376 g/mol. The van der Waals surface area contributed by atoms with E-state index >= 15 is 0 Å². The molecule has 1 N–H and O–H groups in total. The molecule has 0 fully saturated rings. The Morgan fingerprint density at radius 1 is 1.07 bits per heavy atom. The summed E-state index contributed by atoms with van der Waals surface area (Å²) in [4.78, 5) is 17.7. The quantitative estimate of drug-likeness (QED) is 0.502. The molecule has 0 unspecified atom stereocenters. The molecule has 4 rings (SSSR count). The van der Waals surface area contributed by atoms with Crippen LogP contribution in [-0.2, 0) is 11.2 Å². The molecule has 0 aliphatic heterocycles. The third-order valence-electron chi connectivity index (χ3n) is 4.63. The lowest BCUT2D eigenvalue weighted by atomic mass is 10.0. The van der Waals surface area contributed by atoms with Gasteiger partial charge in [-0.3, -0.25) is 9.20 Å². The largest absolute Gasteiger partial charge is 0.481 e. The molecule has 0 spiro atoms. The number of carboxylic acid groups (broad SMARTS) is 1. The van der Waals surface area contributed by atoms with Crippen LogP contribution < -0.4 is 0 Å². The van der Waals surface area contributed by atoms with Gasteiger partial charge in [-0.05, 0) is 17.0 Å². The highest BCUT2D eigenvalue weighted by atomic mass is 32.1. The van der Waals surface area contributed by atoms with Crippen molar-refractivity contribution in [3.05, 3.63) is 71.2 Å². The number of thiazole rings is 1. The van der Waals surface area contributed by atoms with Crippen LogP contribution in [0.1, 0.15) is 30.2 Å². The van der Waals surface area contributed by atoms with Crippen molar-refractivity contribution in [2.75, 3.05) is 0 Å². The summed E-state index contributed by atoms with van der Waals surface area (Å²) in [5, 5.41) is 9.33. The Morgan fingerprint density at radius 3 is 2.41 bits per heavy atom. The number of carbonyl (C=O) groups is 1. The van der Waals surface area contributed by atoms with Crippen LogP contribution in [0, 0.1) is 0 Å². The maximum absolute atomic E-state index is 11.4. The molecule has 4 aromatic rings. The van der Waals surface area contributed by atoms with Gasteiger partial charge in [-0.2, -0.15) is 0 Å². The summed E-state index contributed by atoms with van der Waals surface area (Å²) < 4.78 is 2.02. The van der Waals surface area contributed by atoms with Crippen LogP contribution in [0.4, 0.5) is 0 Å². The molecule has 0 radical (unpaired) electrons. The van der Waals surface area contributed by atoms with Gasteiger partial charge < -0.3 is 5.11 Å². The first kappa shape index (κ1) is 17.5. The first-order valence-electron chi connectivity index (χ1n) is 8.91. The number of nitrogens with zero attached hydrogens (tertiary/aromatic N) is 2. The molecule has 2 aromatic heterocycles. The van der Waals surface area contributed by atoms with E-state index in [1.165, 1.54) is 16.9 Å². The van der Waals surface area contributed by atoms with Crippen LogP contribution in [-0.4, -0.2) is 20.5 Å². The highest BCUT2D eigenvalue weighted by Crippen LogP contribution is 2.35. The zero-order valence-corrected chi connectivity index (χ0v) is 16.0. The maximum atomic E-state index is 11.4. The van der Waals surface area contributed by atoms with E-state index in [4.69, 9.17) is 4.98 Å². The van der Waals surface area contributed by atoms with Gasteiger partial charge in [-0.1, -0.05) is 68.4 Å². The molecule has 5 heteroatoms. The Hall–Kier alpha value is -2.92. The number of aromatic nitrogens is 2. The van der Waals surface area contributed by atoms with Gasteiger partial charge in [0.15, 0.2) is 4.96 Å². The summed E-state index contributed by atoms with van der Waals surface area (Å²) in [5.41, 5.74) is 5.14. The summed E-state index contributed by atoms with van der Waals surface area (Å²) in [6, 6.07) is 18.4. The normalized spacial score (nSPS) is 11.4. The molecular formula is C22H20N2O2S. The standard InChI is InChI=1S/C22H20N2O2S/c1-14(2)15-8-10-17(11-9-15)21-19(12-20(25)26)27-22-23-18(13-24(21)22)16-6-4-3-5-7-16/h3-11,13-14H,12H2,1-2H3,(H,25,26). The zero-order chi connectivity index (χ0) is 19.0. The lowest BCUT2D eigenvalue weighted by Crippen LogP contribution is -2.00. The third kappa shape index (κ3) is 3.38. The number of rotatable bonds is 5. The molecule has 0 atom stereocenters. The molecule has 0 amide bonds. The molecule has 0 aliphatic rings. The van der Waals surface area contributed by atoms with Crippen molar-refractivity contribution in [1.29, 1.82) is 0 Å². The Kier molecular flexibility index (Phi) is 4.54. The van der Waals surface area contributed by atoms with Gasteiger partial charge in [-0.25, -0.2) is 4.98 Å². The minimum Gasteiger partial charge on any atom is -0.481 e. The fourth-order valence-electron chi connectivity index (χ4n) is 3.22. The number of imidazole rings is 1. The summed E-state index contributed by atoms with van der Waals surface area (Å²) >= 11 is 1.44. The molecule has 0 aliphatic carbocycles. The van der Waals surface area contributed by atoms with E-state index in [0.717, 1.165) is 32.4 Å². The van der Waals surface area contributed by atoms with Crippen LogP contribution in [0.25, 0.3) is 27.5 Å². The van der Waals surface area contributed by atoms with E-state index in [0.29, 0.717) is 5.92 Å². The molecule has 0 saturated heterocycles. The first-order chi connectivity index (χ1) is 13.0. The van der Waals surface area contributed by atoms with Gasteiger partial charge in [0.1, 0.15) is 0 Å². The van der Waals surface area contributed by atoms with E-state index in [1.807, 2.05) is 40.9 Å². The van der Waals surface area contributed by atoms with Crippen molar-refractivity contribution in [1.82, 2.24) is 9.38 Å². The van der Waals surface area contributed by atoms with Crippen molar-refractivity contribution in [3.63, 3.8) is 0 Å². The Labute approximate surface area is 161 Å². The molecule has 4 nitrogen and oxygen atoms in total. The molecular weight excluding hydrogens is 356 g/mol. The minimum absolute atomic E-state index is 0.00401. The van der Waals surface area contributed by atoms with Crippen molar-refractivity contribution >= 4 is 22.3 Å². The van der Waals surface area contributed by atoms with Crippen molar-refractivity contribution in [2.45, 2.75) is 26.2 Å². The predicted octanol–water partition coefficient (Wildman–Crippen LogP) is 5.48. The van der Waals surface area contributed by atoms with Crippen LogP contribution >= 0.6 is 11.3 Å².